The third-order valence-electron chi connectivity index (χ3n) is 3.73. The largest absolute Gasteiger partial charge is 0.364 e. The lowest BCUT2D eigenvalue weighted by Crippen LogP contribution is -2.47. The van der Waals surface area contributed by atoms with Gasteiger partial charge >= 0.3 is 0 Å². The molecule has 0 heterocycles. The van der Waals surface area contributed by atoms with Crippen molar-refractivity contribution < 1.29 is 23.9 Å². The minimum absolute atomic E-state index is 0.0312. The molecule has 0 bridgehead atoms. The van der Waals surface area contributed by atoms with Crippen LogP contribution >= 0.6 is 0 Å². The average molecular weight is 371 g/mol. The summed E-state index contributed by atoms with van der Waals surface area (Å²) in [5.74, 6) is -1.37. The Hall–Kier alpha value is -1.80. The van der Waals surface area contributed by atoms with E-state index in [1.54, 1.807) is 27.7 Å². The first-order valence-corrected chi connectivity index (χ1v) is 9.03. The number of nitrogens with one attached hydrogen (secondary N) is 3. The fourth-order valence-corrected chi connectivity index (χ4v) is 2.06. The van der Waals surface area contributed by atoms with Gasteiger partial charge in [0, 0.05) is 11.8 Å². The van der Waals surface area contributed by atoms with E-state index in [0.717, 1.165) is 13.0 Å². The number of rotatable bonds is 14. The summed E-state index contributed by atoms with van der Waals surface area (Å²) in [5, 5.41) is 8.09. The Morgan fingerprint density at radius 3 is 2.12 bits per heavy atom. The molecule has 8 nitrogen and oxygen atoms in total. The second-order valence-electron chi connectivity index (χ2n) is 6.81. The van der Waals surface area contributed by atoms with Crippen LogP contribution in [0.3, 0.4) is 0 Å². The molecule has 8 heteroatoms. The van der Waals surface area contributed by atoms with E-state index in [1.807, 2.05) is 7.05 Å². The van der Waals surface area contributed by atoms with Crippen molar-refractivity contribution >= 4 is 23.4 Å². The van der Waals surface area contributed by atoms with Crippen molar-refractivity contribution in [2.24, 2.45) is 11.8 Å². The van der Waals surface area contributed by atoms with Gasteiger partial charge in [0.2, 0.25) is 11.8 Å². The lowest BCUT2D eigenvalue weighted by atomic mass is 9.98. The highest BCUT2D eigenvalue weighted by atomic mass is 16.5. The van der Waals surface area contributed by atoms with Crippen LogP contribution < -0.4 is 16.0 Å². The van der Waals surface area contributed by atoms with Crippen LogP contribution in [-0.2, 0) is 23.9 Å². The van der Waals surface area contributed by atoms with Crippen molar-refractivity contribution in [1.29, 1.82) is 0 Å². The molecule has 0 aromatic heterocycles. The standard InChI is InChI=1S/C18H33N3O5/c1-12(2)15(22)10-26-11-17(24)20-9-16(23)21-14(7-6-8-19-5)18(25)13(3)4/h12-14,19H,6-11H2,1-5H3,(H,20,24)(H,21,23). The molecule has 0 aromatic carbocycles. The van der Waals surface area contributed by atoms with Crippen molar-refractivity contribution in [2.75, 3.05) is 33.4 Å². The molecule has 0 aliphatic rings. The van der Waals surface area contributed by atoms with Crippen LogP contribution in [0.2, 0.25) is 0 Å². The van der Waals surface area contributed by atoms with Crippen LogP contribution in [0.25, 0.3) is 0 Å². The van der Waals surface area contributed by atoms with Gasteiger partial charge in [-0.1, -0.05) is 27.7 Å². The van der Waals surface area contributed by atoms with Gasteiger partial charge in [0.1, 0.15) is 13.2 Å². The number of amides is 2. The zero-order valence-electron chi connectivity index (χ0n) is 16.5. The molecule has 1 unspecified atom stereocenters. The number of ketones is 2. The average Bonchev–Trinajstić information content (AvgIpc) is 2.58. The van der Waals surface area contributed by atoms with Gasteiger partial charge in [-0.05, 0) is 26.4 Å². The molecular weight excluding hydrogens is 338 g/mol. The minimum atomic E-state index is -0.562. The number of ether oxygens (including phenoxy) is 1. The fraction of sp³-hybridized carbons (Fsp3) is 0.778. The van der Waals surface area contributed by atoms with Gasteiger partial charge in [-0.3, -0.25) is 19.2 Å². The Labute approximate surface area is 155 Å². The van der Waals surface area contributed by atoms with E-state index in [0.29, 0.717) is 6.42 Å². The molecule has 0 fully saturated rings. The maximum Gasteiger partial charge on any atom is 0.246 e. The quantitative estimate of drug-likeness (QED) is 0.372. The Bertz CT molecular complexity index is 477. The number of hydrogen-bond donors (Lipinski definition) is 3. The highest BCUT2D eigenvalue weighted by Crippen LogP contribution is 2.06. The predicted octanol–water partition coefficient (Wildman–Crippen LogP) is 0.0538. The summed E-state index contributed by atoms with van der Waals surface area (Å²) in [6.07, 6.45) is 1.29. The van der Waals surface area contributed by atoms with E-state index >= 15 is 0 Å². The zero-order valence-corrected chi connectivity index (χ0v) is 16.5. The highest BCUT2D eigenvalue weighted by molar-refractivity contribution is 5.92. The van der Waals surface area contributed by atoms with Crippen molar-refractivity contribution in [3.8, 4) is 0 Å². The van der Waals surface area contributed by atoms with Gasteiger partial charge in [0.25, 0.3) is 0 Å². The number of Topliss-reactive ketones (excluding diaryl/α,β-unsaturated/α-hetero) is 2. The second kappa shape index (κ2) is 13.4. The molecule has 0 radical (unpaired) electrons. The molecule has 0 aromatic rings. The number of carbonyl (C=O) groups is 4. The summed E-state index contributed by atoms with van der Waals surface area (Å²) in [5.41, 5.74) is 0. The Kier molecular flexibility index (Phi) is 12.5. The second-order valence-corrected chi connectivity index (χ2v) is 6.81. The first-order valence-electron chi connectivity index (χ1n) is 9.03. The molecule has 26 heavy (non-hydrogen) atoms. The molecule has 0 aliphatic heterocycles. The van der Waals surface area contributed by atoms with E-state index in [2.05, 4.69) is 16.0 Å². The summed E-state index contributed by atoms with van der Waals surface area (Å²) in [4.78, 5) is 47.2. The molecular formula is C18H33N3O5. The fourth-order valence-electron chi connectivity index (χ4n) is 2.06. The molecule has 150 valence electrons. The van der Waals surface area contributed by atoms with Crippen molar-refractivity contribution in [3.05, 3.63) is 0 Å². The lowest BCUT2D eigenvalue weighted by molar-refractivity contribution is -0.133. The maximum atomic E-state index is 12.2. The van der Waals surface area contributed by atoms with Crippen molar-refractivity contribution in [1.82, 2.24) is 16.0 Å². The molecule has 0 saturated carbocycles. The Morgan fingerprint density at radius 2 is 1.58 bits per heavy atom. The molecule has 2 amide bonds. The normalized spacial score (nSPS) is 12.1. The maximum absolute atomic E-state index is 12.2. The summed E-state index contributed by atoms with van der Waals surface area (Å²) in [6.45, 7) is 7.17. The smallest absolute Gasteiger partial charge is 0.246 e. The molecule has 0 rings (SSSR count). The Morgan fingerprint density at radius 1 is 0.923 bits per heavy atom. The van der Waals surface area contributed by atoms with Gasteiger partial charge in [0.15, 0.2) is 11.6 Å². The summed E-state index contributed by atoms with van der Waals surface area (Å²) in [7, 11) is 1.82. The Balaban J connectivity index is 4.26. The van der Waals surface area contributed by atoms with E-state index in [-0.39, 0.29) is 43.2 Å². The van der Waals surface area contributed by atoms with Gasteiger partial charge in [-0.2, -0.15) is 0 Å². The van der Waals surface area contributed by atoms with Gasteiger partial charge < -0.3 is 20.7 Å². The highest BCUT2D eigenvalue weighted by Gasteiger charge is 2.22. The van der Waals surface area contributed by atoms with Crippen molar-refractivity contribution in [2.45, 2.75) is 46.6 Å². The van der Waals surface area contributed by atoms with Gasteiger partial charge in [-0.15, -0.1) is 0 Å². The van der Waals surface area contributed by atoms with Crippen LogP contribution in [0.5, 0.6) is 0 Å². The van der Waals surface area contributed by atoms with Gasteiger partial charge in [-0.25, -0.2) is 0 Å². The van der Waals surface area contributed by atoms with Crippen molar-refractivity contribution in [3.63, 3.8) is 0 Å². The third kappa shape index (κ3) is 10.9. The third-order valence-corrected chi connectivity index (χ3v) is 3.73. The summed E-state index contributed by atoms with van der Waals surface area (Å²) in [6, 6.07) is -0.562. The topological polar surface area (TPSA) is 114 Å². The first kappa shape index (κ1) is 24.2. The zero-order chi connectivity index (χ0) is 20.1. The van der Waals surface area contributed by atoms with Gasteiger partial charge in [0.05, 0.1) is 12.6 Å². The van der Waals surface area contributed by atoms with E-state index in [4.69, 9.17) is 4.74 Å². The van der Waals surface area contributed by atoms with Crippen LogP contribution in [0.1, 0.15) is 40.5 Å². The first-order chi connectivity index (χ1) is 12.2. The SMILES string of the molecule is CNCCCC(NC(=O)CNC(=O)COCC(=O)C(C)C)C(=O)C(C)C. The minimum Gasteiger partial charge on any atom is -0.364 e. The van der Waals surface area contributed by atoms with E-state index in [9.17, 15) is 19.2 Å². The number of carbonyl (C=O) groups excluding carboxylic acids is 4. The monoisotopic (exact) mass is 371 g/mol. The lowest BCUT2D eigenvalue weighted by Gasteiger charge is -2.19. The number of hydrogen-bond acceptors (Lipinski definition) is 6. The molecule has 1 atom stereocenters. The van der Waals surface area contributed by atoms with E-state index < -0.39 is 17.9 Å². The summed E-state index contributed by atoms with van der Waals surface area (Å²) < 4.78 is 5.01. The van der Waals surface area contributed by atoms with Crippen LogP contribution in [0.15, 0.2) is 0 Å². The summed E-state index contributed by atoms with van der Waals surface area (Å²) >= 11 is 0. The molecule has 0 spiro atoms. The molecule has 3 N–H and O–H groups in total. The van der Waals surface area contributed by atoms with Crippen LogP contribution in [0.4, 0.5) is 0 Å². The molecule has 0 saturated heterocycles. The van der Waals surface area contributed by atoms with Crippen LogP contribution in [0, 0.1) is 11.8 Å². The molecule has 0 aliphatic carbocycles. The van der Waals surface area contributed by atoms with Crippen LogP contribution in [-0.4, -0.2) is 62.8 Å². The van der Waals surface area contributed by atoms with E-state index in [1.165, 1.54) is 0 Å². The predicted molar refractivity (Wildman–Crippen MR) is 98.6 cm³/mol.